The number of benzene rings is 2. The summed E-state index contributed by atoms with van der Waals surface area (Å²) in [7, 11) is 3.20. The SMILES string of the molecule is COc1cc(/C=C2/SC(=S)N(C)C2=O)cc(Br)c1OCc1ccc(F)cc1. The molecule has 1 saturated heterocycles. The van der Waals surface area contributed by atoms with Crippen molar-refractivity contribution in [1.82, 2.24) is 4.90 Å². The van der Waals surface area contributed by atoms with Crippen LogP contribution in [0.3, 0.4) is 0 Å². The van der Waals surface area contributed by atoms with Gasteiger partial charge in [0.05, 0.1) is 16.5 Å². The summed E-state index contributed by atoms with van der Waals surface area (Å²) < 4.78 is 25.5. The fraction of sp³-hybridized carbons (Fsp3) is 0.158. The lowest BCUT2D eigenvalue weighted by Gasteiger charge is -2.14. The second kappa shape index (κ2) is 8.41. The first-order valence-corrected chi connectivity index (χ1v) is 9.87. The van der Waals surface area contributed by atoms with Crippen LogP contribution in [0.15, 0.2) is 45.8 Å². The maximum Gasteiger partial charge on any atom is 0.265 e. The molecule has 2 aromatic carbocycles. The Balaban J connectivity index is 1.84. The van der Waals surface area contributed by atoms with Gasteiger partial charge in [-0.15, -0.1) is 0 Å². The zero-order chi connectivity index (χ0) is 19.6. The van der Waals surface area contributed by atoms with Gasteiger partial charge >= 0.3 is 0 Å². The quantitative estimate of drug-likeness (QED) is 0.456. The number of rotatable bonds is 5. The monoisotopic (exact) mass is 467 g/mol. The molecule has 1 aliphatic rings. The Labute approximate surface area is 174 Å². The number of likely N-dealkylation sites (N-methyl/N-ethyl adjacent to an activating group) is 1. The van der Waals surface area contributed by atoms with Crippen LogP contribution in [-0.4, -0.2) is 29.3 Å². The molecule has 1 heterocycles. The van der Waals surface area contributed by atoms with Crippen LogP contribution in [0, 0.1) is 5.82 Å². The summed E-state index contributed by atoms with van der Waals surface area (Å²) in [5.74, 6) is 0.628. The Morgan fingerprint density at radius 1 is 1.30 bits per heavy atom. The molecule has 0 saturated carbocycles. The van der Waals surface area contributed by atoms with Gasteiger partial charge in [-0.25, -0.2) is 4.39 Å². The van der Waals surface area contributed by atoms with Gasteiger partial charge in [-0.3, -0.25) is 9.69 Å². The van der Waals surface area contributed by atoms with E-state index in [1.54, 1.807) is 38.4 Å². The number of methoxy groups -OCH3 is 1. The van der Waals surface area contributed by atoms with Crippen LogP contribution in [0.5, 0.6) is 11.5 Å². The standard InChI is InChI=1S/C19H15BrFNO3S2/c1-22-18(23)16(27-19(22)26)9-12-7-14(20)17(15(8-12)24-2)25-10-11-3-5-13(21)6-4-11/h3-9H,10H2,1-2H3/b16-9+. The van der Waals surface area contributed by atoms with E-state index < -0.39 is 0 Å². The minimum atomic E-state index is -0.292. The molecule has 140 valence electrons. The third kappa shape index (κ3) is 4.51. The highest BCUT2D eigenvalue weighted by Crippen LogP contribution is 2.39. The van der Waals surface area contributed by atoms with Crippen molar-refractivity contribution in [2.45, 2.75) is 6.61 Å². The number of amides is 1. The van der Waals surface area contributed by atoms with Gasteiger partial charge in [-0.2, -0.15) is 0 Å². The predicted octanol–water partition coefficient (Wildman–Crippen LogP) is 5.01. The fourth-order valence-electron chi connectivity index (χ4n) is 2.40. The topological polar surface area (TPSA) is 38.8 Å². The van der Waals surface area contributed by atoms with Gasteiger partial charge in [0.2, 0.25) is 0 Å². The van der Waals surface area contributed by atoms with Crippen molar-refractivity contribution in [1.29, 1.82) is 0 Å². The number of halogens is 2. The second-order valence-corrected chi connectivity index (χ2v) is 8.22. The van der Waals surface area contributed by atoms with Gasteiger partial charge < -0.3 is 9.47 Å². The minimum Gasteiger partial charge on any atom is -0.493 e. The summed E-state index contributed by atoms with van der Waals surface area (Å²) in [6.45, 7) is 0.267. The summed E-state index contributed by atoms with van der Waals surface area (Å²) in [6.07, 6.45) is 1.76. The summed E-state index contributed by atoms with van der Waals surface area (Å²) >= 11 is 9.90. The van der Waals surface area contributed by atoms with E-state index in [9.17, 15) is 9.18 Å². The number of hydrogen-bond acceptors (Lipinski definition) is 5. The fourth-order valence-corrected chi connectivity index (χ4v) is 4.15. The first-order valence-electron chi connectivity index (χ1n) is 7.85. The molecule has 0 atom stereocenters. The van der Waals surface area contributed by atoms with E-state index >= 15 is 0 Å². The van der Waals surface area contributed by atoms with E-state index in [0.717, 1.165) is 11.1 Å². The van der Waals surface area contributed by atoms with Crippen molar-refractivity contribution in [2.75, 3.05) is 14.2 Å². The number of carbonyl (C=O) groups excluding carboxylic acids is 1. The van der Waals surface area contributed by atoms with Crippen molar-refractivity contribution in [2.24, 2.45) is 0 Å². The van der Waals surface area contributed by atoms with Crippen molar-refractivity contribution < 1.29 is 18.7 Å². The van der Waals surface area contributed by atoms with E-state index in [0.29, 0.717) is 25.2 Å². The molecule has 0 aromatic heterocycles. The van der Waals surface area contributed by atoms with Crippen LogP contribution < -0.4 is 9.47 Å². The van der Waals surface area contributed by atoms with Crippen LogP contribution in [0.1, 0.15) is 11.1 Å². The molecule has 0 radical (unpaired) electrons. The largest absolute Gasteiger partial charge is 0.493 e. The summed E-state index contributed by atoms with van der Waals surface area (Å²) in [5.41, 5.74) is 1.61. The maximum absolute atomic E-state index is 13.0. The molecule has 0 spiro atoms. The Morgan fingerprint density at radius 3 is 2.59 bits per heavy atom. The van der Waals surface area contributed by atoms with Gasteiger partial charge in [0.25, 0.3) is 5.91 Å². The molecule has 1 fully saturated rings. The van der Waals surface area contributed by atoms with Gasteiger partial charge in [-0.05, 0) is 57.4 Å². The number of thiocarbonyl (C=S) groups is 1. The third-order valence-corrected chi connectivity index (χ3v) is 5.91. The zero-order valence-corrected chi connectivity index (χ0v) is 17.7. The third-order valence-electron chi connectivity index (χ3n) is 3.83. The Kier molecular flexibility index (Phi) is 6.18. The van der Waals surface area contributed by atoms with Gasteiger partial charge in [0.1, 0.15) is 16.7 Å². The molecular formula is C19H15BrFNO3S2. The lowest BCUT2D eigenvalue weighted by molar-refractivity contribution is -0.121. The Morgan fingerprint density at radius 2 is 2.00 bits per heavy atom. The highest BCUT2D eigenvalue weighted by atomic mass is 79.9. The predicted molar refractivity (Wildman–Crippen MR) is 112 cm³/mol. The molecule has 8 heteroatoms. The van der Waals surface area contributed by atoms with E-state index in [1.165, 1.54) is 28.8 Å². The smallest absolute Gasteiger partial charge is 0.265 e. The molecule has 0 N–H and O–H groups in total. The zero-order valence-electron chi connectivity index (χ0n) is 14.5. The van der Waals surface area contributed by atoms with Gasteiger partial charge in [-0.1, -0.05) is 36.1 Å². The van der Waals surface area contributed by atoms with E-state index in [4.69, 9.17) is 21.7 Å². The van der Waals surface area contributed by atoms with Crippen LogP contribution in [0.4, 0.5) is 4.39 Å². The van der Waals surface area contributed by atoms with Crippen LogP contribution >= 0.6 is 39.9 Å². The molecule has 0 unspecified atom stereocenters. The van der Waals surface area contributed by atoms with E-state index in [-0.39, 0.29) is 18.3 Å². The number of thioether (sulfide) groups is 1. The molecule has 27 heavy (non-hydrogen) atoms. The first kappa shape index (κ1) is 19.9. The van der Waals surface area contributed by atoms with Crippen molar-refractivity contribution in [3.05, 3.63) is 62.7 Å². The maximum atomic E-state index is 13.0. The summed E-state index contributed by atoms with van der Waals surface area (Å²) in [6, 6.07) is 9.72. The molecule has 0 bridgehead atoms. The van der Waals surface area contributed by atoms with Crippen molar-refractivity contribution in [3.63, 3.8) is 0 Å². The molecule has 1 aliphatic heterocycles. The van der Waals surface area contributed by atoms with Crippen LogP contribution in [-0.2, 0) is 11.4 Å². The Bertz CT molecular complexity index is 931. The van der Waals surface area contributed by atoms with Gasteiger partial charge in [0, 0.05) is 7.05 Å². The number of carbonyl (C=O) groups is 1. The average Bonchev–Trinajstić information content (AvgIpc) is 2.88. The lowest BCUT2D eigenvalue weighted by Crippen LogP contribution is -2.22. The summed E-state index contributed by atoms with van der Waals surface area (Å²) in [4.78, 5) is 14.2. The van der Waals surface area contributed by atoms with Crippen LogP contribution in [0.25, 0.3) is 6.08 Å². The highest BCUT2D eigenvalue weighted by Gasteiger charge is 2.28. The highest BCUT2D eigenvalue weighted by molar-refractivity contribution is 9.10. The number of hydrogen-bond donors (Lipinski definition) is 0. The molecule has 3 rings (SSSR count). The van der Waals surface area contributed by atoms with Crippen molar-refractivity contribution >= 4 is 56.2 Å². The van der Waals surface area contributed by atoms with E-state index in [2.05, 4.69) is 15.9 Å². The molecule has 2 aromatic rings. The molecule has 4 nitrogen and oxygen atoms in total. The first-order chi connectivity index (χ1) is 12.9. The number of ether oxygens (including phenoxy) is 2. The lowest BCUT2D eigenvalue weighted by atomic mass is 10.1. The van der Waals surface area contributed by atoms with Gasteiger partial charge in [0.15, 0.2) is 11.5 Å². The molecular weight excluding hydrogens is 453 g/mol. The normalized spacial score (nSPS) is 15.6. The van der Waals surface area contributed by atoms with E-state index in [1.807, 2.05) is 6.07 Å². The molecule has 0 aliphatic carbocycles. The van der Waals surface area contributed by atoms with Crippen LogP contribution in [0.2, 0.25) is 0 Å². The molecule has 1 amide bonds. The average molecular weight is 468 g/mol. The number of nitrogens with zero attached hydrogens (tertiary/aromatic N) is 1. The Hall–Kier alpha value is -1.90. The van der Waals surface area contributed by atoms with Crippen molar-refractivity contribution in [3.8, 4) is 11.5 Å². The summed E-state index contributed by atoms with van der Waals surface area (Å²) in [5, 5.41) is 0. The second-order valence-electron chi connectivity index (χ2n) is 5.69. The minimum absolute atomic E-state index is 0.128.